The van der Waals surface area contributed by atoms with Crippen LogP contribution in [0.2, 0.25) is 0 Å². The molecule has 0 saturated carbocycles. The summed E-state index contributed by atoms with van der Waals surface area (Å²) in [7, 11) is 0. The third kappa shape index (κ3) is 6.27. The molecule has 2 nitrogen and oxygen atoms in total. The van der Waals surface area contributed by atoms with Crippen LogP contribution >= 0.6 is 49.7 Å². The summed E-state index contributed by atoms with van der Waals surface area (Å²) in [6.07, 6.45) is 0. The summed E-state index contributed by atoms with van der Waals surface area (Å²) in [5.74, 6) is 0. The van der Waals surface area contributed by atoms with Crippen LogP contribution in [0.5, 0.6) is 0 Å². The number of hydrogen-bond donors (Lipinski definition) is 2. The van der Waals surface area contributed by atoms with Gasteiger partial charge in [-0.3, -0.25) is 0 Å². The fourth-order valence-electron chi connectivity index (χ4n) is 1.09. The first-order valence-corrected chi connectivity index (χ1v) is 5.28. The SMILES string of the molecule is S=C(S)N1CCN(C(=S)S)CC1.[H-].[H-].[Na+].[Na+]. The van der Waals surface area contributed by atoms with Crippen molar-refractivity contribution in [3.05, 3.63) is 0 Å². The van der Waals surface area contributed by atoms with Gasteiger partial charge in [0.05, 0.1) is 0 Å². The van der Waals surface area contributed by atoms with Crippen LogP contribution in [0.25, 0.3) is 0 Å². The van der Waals surface area contributed by atoms with Gasteiger partial charge in [-0.15, -0.1) is 25.3 Å². The molecule has 1 fully saturated rings. The van der Waals surface area contributed by atoms with Gasteiger partial charge in [0.1, 0.15) is 8.64 Å². The van der Waals surface area contributed by atoms with Gasteiger partial charge >= 0.3 is 59.1 Å². The van der Waals surface area contributed by atoms with Crippen LogP contribution < -0.4 is 59.1 Å². The maximum Gasteiger partial charge on any atom is 1.00 e. The first-order valence-electron chi connectivity index (χ1n) is 3.57. The van der Waals surface area contributed by atoms with E-state index in [1.807, 2.05) is 0 Å². The van der Waals surface area contributed by atoms with Crippen LogP contribution in [0.4, 0.5) is 0 Å². The van der Waals surface area contributed by atoms with E-state index in [0.29, 0.717) is 8.64 Å². The molecule has 1 heterocycles. The van der Waals surface area contributed by atoms with E-state index in [9.17, 15) is 0 Å². The van der Waals surface area contributed by atoms with Gasteiger partial charge in [-0.2, -0.15) is 0 Å². The molecule has 0 aromatic rings. The molecule has 0 unspecified atom stereocenters. The van der Waals surface area contributed by atoms with Gasteiger partial charge in [-0.1, -0.05) is 24.4 Å². The fourth-order valence-corrected chi connectivity index (χ4v) is 1.85. The fraction of sp³-hybridized carbons (Fsp3) is 0.667. The Morgan fingerprint density at radius 1 is 0.857 bits per heavy atom. The summed E-state index contributed by atoms with van der Waals surface area (Å²) in [4.78, 5) is 4.11. The van der Waals surface area contributed by atoms with E-state index in [-0.39, 0.29) is 62.0 Å². The Balaban J connectivity index is -0.000000180. The van der Waals surface area contributed by atoms with Crippen LogP contribution in [0.1, 0.15) is 2.85 Å². The minimum absolute atomic E-state index is 0. The molecule has 72 valence electrons. The van der Waals surface area contributed by atoms with Gasteiger partial charge < -0.3 is 12.7 Å². The largest absolute Gasteiger partial charge is 1.00 e. The van der Waals surface area contributed by atoms with Gasteiger partial charge in [0.25, 0.3) is 0 Å². The predicted molar refractivity (Wildman–Crippen MR) is 68.5 cm³/mol. The van der Waals surface area contributed by atoms with Crippen molar-refractivity contribution in [3.63, 3.8) is 0 Å². The molecule has 0 radical (unpaired) electrons. The summed E-state index contributed by atoms with van der Waals surface area (Å²) >= 11 is 18.1. The van der Waals surface area contributed by atoms with Crippen molar-refractivity contribution in [2.45, 2.75) is 0 Å². The second-order valence-corrected chi connectivity index (χ2v) is 4.76. The molecule has 0 N–H and O–H groups in total. The standard InChI is InChI=1S/C6H10N2S4.2Na.2H/c9-5(10)7-1-2-8(4-3-7)6(11)12;;;;/h1-4H2,(H,9,10)(H,11,12);;;;/q;2*+1;2*-1. The number of thiocarbonyl (C=S) groups is 2. The summed E-state index contributed by atoms with van der Waals surface area (Å²) in [6, 6.07) is 0. The van der Waals surface area contributed by atoms with E-state index in [2.05, 4.69) is 35.1 Å². The van der Waals surface area contributed by atoms with E-state index in [0.717, 1.165) is 26.2 Å². The van der Waals surface area contributed by atoms with Crippen LogP contribution in [-0.4, -0.2) is 44.6 Å². The number of nitrogens with zero attached hydrogens (tertiary/aromatic N) is 2. The van der Waals surface area contributed by atoms with Gasteiger partial charge in [0, 0.05) is 26.2 Å². The quantitative estimate of drug-likeness (QED) is 0.262. The van der Waals surface area contributed by atoms with Crippen LogP contribution in [0, 0.1) is 0 Å². The average Bonchev–Trinajstić information content (AvgIpc) is 2.04. The van der Waals surface area contributed by atoms with Crippen molar-refractivity contribution in [2.75, 3.05) is 26.2 Å². The molecule has 1 rings (SSSR count). The topological polar surface area (TPSA) is 6.48 Å². The van der Waals surface area contributed by atoms with Crippen molar-refractivity contribution in [1.82, 2.24) is 9.80 Å². The van der Waals surface area contributed by atoms with Crippen molar-refractivity contribution >= 4 is 58.3 Å². The van der Waals surface area contributed by atoms with Crippen LogP contribution in [0.15, 0.2) is 0 Å². The number of piperazine rings is 1. The van der Waals surface area contributed by atoms with Crippen molar-refractivity contribution in [3.8, 4) is 0 Å². The molecule has 1 aliphatic heterocycles. The number of hydrogen-bond acceptors (Lipinski definition) is 2. The molecule has 1 saturated heterocycles. The first kappa shape index (κ1) is 18.8. The monoisotopic (exact) mass is 286 g/mol. The summed E-state index contributed by atoms with van der Waals surface area (Å²) in [5.41, 5.74) is 0. The third-order valence-corrected chi connectivity index (χ3v) is 2.90. The van der Waals surface area contributed by atoms with E-state index in [4.69, 9.17) is 24.4 Å². The number of rotatable bonds is 0. The first-order chi connectivity index (χ1) is 5.61. The van der Waals surface area contributed by atoms with E-state index < -0.39 is 0 Å². The van der Waals surface area contributed by atoms with Gasteiger partial charge in [0.2, 0.25) is 0 Å². The van der Waals surface area contributed by atoms with Gasteiger partial charge in [0.15, 0.2) is 0 Å². The molecule has 0 spiro atoms. The Hall–Kier alpha value is 2.48. The molecule has 0 aromatic carbocycles. The molecule has 0 amide bonds. The van der Waals surface area contributed by atoms with Crippen molar-refractivity contribution in [1.29, 1.82) is 0 Å². The Morgan fingerprint density at radius 3 is 1.21 bits per heavy atom. The van der Waals surface area contributed by atoms with Gasteiger partial charge in [-0.05, 0) is 0 Å². The van der Waals surface area contributed by atoms with E-state index >= 15 is 0 Å². The zero-order valence-corrected chi connectivity index (χ0v) is 15.9. The molecular weight excluding hydrogens is 274 g/mol. The molecule has 1 aliphatic rings. The molecular formula is C6H12N2Na2S4. The molecule has 0 atom stereocenters. The van der Waals surface area contributed by atoms with Crippen LogP contribution in [-0.2, 0) is 0 Å². The second-order valence-electron chi connectivity index (χ2n) is 2.54. The number of thiol groups is 2. The zero-order valence-electron chi connectivity index (χ0n) is 10.4. The zero-order chi connectivity index (χ0) is 9.14. The van der Waals surface area contributed by atoms with Crippen molar-refractivity contribution in [2.24, 2.45) is 0 Å². The normalized spacial score (nSPS) is 15.3. The van der Waals surface area contributed by atoms with E-state index in [1.54, 1.807) is 0 Å². The summed E-state index contributed by atoms with van der Waals surface area (Å²) < 4.78 is 1.33. The smallest absolute Gasteiger partial charge is 1.00 e. The van der Waals surface area contributed by atoms with Crippen LogP contribution in [0.3, 0.4) is 0 Å². The summed E-state index contributed by atoms with van der Waals surface area (Å²) in [5, 5.41) is 0. The minimum Gasteiger partial charge on any atom is -1.00 e. The Bertz CT molecular complexity index is 193. The third-order valence-electron chi connectivity index (χ3n) is 1.82. The Labute approximate surface area is 154 Å². The molecule has 0 aliphatic carbocycles. The maximum atomic E-state index is 4.94. The molecule has 0 aromatic heterocycles. The molecule has 14 heavy (non-hydrogen) atoms. The Morgan fingerprint density at radius 2 is 1.07 bits per heavy atom. The average molecular weight is 286 g/mol. The van der Waals surface area contributed by atoms with Crippen molar-refractivity contribution < 1.29 is 62.0 Å². The second kappa shape index (κ2) is 9.50. The minimum atomic E-state index is 0. The van der Waals surface area contributed by atoms with Gasteiger partial charge in [-0.25, -0.2) is 0 Å². The molecule has 0 bridgehead atoms. The maximum absolute atomic E-state index is 4.94. The molecule has 8 heteroatoms. The predicted octanol–water partition coefficient (Wildman–Crippen LogP) is -4.73. The Kier molecular flexibility index (Phi) is 12.8. The van der Waals surface area contributed by atoms with E-state index in [1.165, 1.54) is 0 Å². The summed E-state index contributed by atoms with van der Waals surface area (Å²) in [6.45, 7) is 3.57.